The number of carbonyl (C=O) groups excluding carboxylic acids is 1. The second-order valence-corrected chi connectivity index (χ2v) is 6.91. The smallest absolute Gasteiger partial charge is 0.264 e. The Morgan fingerprint density at radius 3 is 2.60 bits per heavy atom. The van der Waals surface area contributed by atoms with E-state index < -0.39 is 0 Å². The molecule has 104 valence electrons. The Balaban J connectivity index is 1.63. The number of hydrogen-bond donors (Lipinski definition) is 0. The minimum Gasteiger partial charge on any atom is -0.352 e. The Labute approximate surface area is 129 Å². The van der Waals surface area contributed by atoms with Crippen molar-refractivity contribution in [3.8, 4) is 0 Å². The van der Waals surface area contributed by atoms with Crippen LogP contribution in [0, 0.1) is 0 Å². The summed E-state index contributed by atoms with van der Waals surface area (Å²) in [7, 11) is 0. The third-order valence-electron chi connectivity index (χ3n) is 3.22. The average molecular weight is 353 g/mol. The highest BCUT2D eigenvalue weighted by molar-refractivity contribution is 9.11. The Hall–Kier alpha value is -1.47. The van der Waals surface area contributed by atoms with Crippen molar-refractivity contribution in [2.75, 3.05) is 31.1 Å². The second kappa shape index (κ2) is 5.88. The minimum atomic E-state index is 0.111. The summed E-state index contributed by atoms with van der Waals surface area (Å²) in [6.45, 7) is 3.00. The maximum absolute atomic E-state index is 12.3. The summed E-state index contributed by atoms with van der Waals surface area (Å²) in [6, 6.07) is 3.78. The van der Waals surface area contributed by atoms with E-state index in [1.54, 1.807) is 18.6 Å². The molecule has 0 atom stereocenters. The largest absolute Gasteiger partial charge is 0.352 e. The molecule has 0 N–H and O–H groups in total. The molecule has 1 saturated heterocycles. The highest BCUT2D eigenvalue weighted by atomic mass is 79.9. The number of rotatable bonds is 2. The maximum Gasteiger partial charge on any atom is 0.264 e. The third-order valence-corrected chi connectivity index (χ3v) is 4.84. The summed E-state index contributed by atoms with van der Waals surface area (Å²) < 4.78 is 0.985. The van der Waals surface area contributed by atoms with Gasteiger partial charge in [-0.25, -0.2) is 4.98 Å². The van der Waals surface area contributed by atoms with Gasteiger partial charge in [0, 0.05) is 38.6 Å². The number of anilines is 1. The van der Waals surface area contributed by atoms with Crippen molar-refractivity contribution in [2.24, 2.45) is 0 Å². The Morgan fingerprint density at radius 2 is 2.00 bits per heavy atom. The molecule has 0 radical (unpaired) electrons. The third kappa shape index (κ3) is 2.83. The molecule has 0 aliphatic carbocycles. The fourth-order valence-corrected chi connectivity index (χ4v) is 3.53. The molecule has 0 aromatic carbocycles. The zero-order valence-corrected chi connectivity index (χ0v) is 13.1. The Morgan fingerprint density at radius 1 is 1.20 bits per heavy atom. The molecule has 2 aromatic heterocycles. The van der Waals surface area contributed by atoms with Gasteiger partial charge in [0.2, 0.25) is 0 Å². The van der Waals surface area contributed by atoms with Crippen LogP contribution in [0.1, 0.15) is 9.67 Å². The van der Waals surface area contributed by atoms with Crippen LogP contribution in [0.2, 0.25) is 0 Å². The molecular weight excluding hydrogens is 340 g/mol. The number of amides is 1. The van der Waals surface area contributed by atoms with E-state index in [4.69, 9.17) is 0 Å². The number of thiophene rings is 1. The minimum absolute atomic E-state index is 0.111. The number of carbonyl (C=O) groups is 1. The molecule has 0 spiro atoms. The molecule has 2 aromatic rings. The number of nitrogens with zero attached hydrogens (tertiary/aromatic N) is 4. The Kier molecular flexibility index (Phi) is 3.98. The summed E-state index contributed by atoms with van der Waals surface area (Å²) in [5, 5.41) is 0. The zero-order valence-electron chi connectivity index (χ0n) is 10.7. The van der Waals surface area contributed by atoms with Crippen LogP contribution in [0.25, 0.3) is 0 Å². The van der Waals surface area contributed by atoms with Gasteiger partial charge in [-0.05, 0) is 28.1 Å². The SMILES string of the molecule is O=C(c1ccc(Br)s1)N1CCN(c2cnccn2)CC1. The lowest BCUT2D eigenvalue weighted by atomic mass is 10.3. The fraction of sp³-hybridized carbons (Fsp3) is 0.308. The van der Waals surface area contributed by atoms with Gasteiger partial charge in [-0.2, -0.15) is 0 Å². The lowest BCUT2D eigenvalue weighted by molar-refractivity contribution is 0.0751. The van der Waals surface area contributed by atoms with Crippen LogP contribution in [-0.2, 0) is 0 Å². The molecular formula is C13H13BrN4OS. The second-order valence-electron chi connectivity index (χ2n) is 4.45. The van der Waals surface area contributed by atoms with Gasteiger partial charge in [0.25, 0.3) is 5.91 Å². The molecule has 1 amide bonds. The molecule has 1 fully saturated rings. The van der Waals surface area contributed by atoms with Gasteiger partial charge in [0.1, 0.15) is 5.82 Å². The van der Waals surface area contributed by atoms with Crippen molar-refractivity contribution in [3.63, 3.8) is 0 Å². The van der Waals surface area contributed by atoms with Crippen molar-refractivity contribution < 1.29 is 4.79 Å². The van der Waals surface area contributed by atoms with Crippen molar-refractivity contribution in [2.45, 2.75) is 0 Å². The summed E-state index contributed by atoms with van der Waals surface area (Å²) in [5.41, 5.74) is 0. The topological polar surface area (TPSA) is 49.3 Å². The molecule has 0 saturated carbocycles. The first-order valence-electron chi connectivity index (χ1n) is 6.29. The van der Waals surface area contributed by atoms with E-state index in [9.17, 15) is 4.79 Å². The first kappa shape index (κ1) is 13.5. The molecule has 0 bridgehead atoms. The number of hydrogen-bond acceptors (Lipinski definition) is 5. The van der Waals surface area contributed by atoms with Crippen molar-refractivity contribution >= 4 is 39.0 Å². The standard InChI is InChI=1S/C13H13BrN4OS/c14-11-2-1-10(20-11)13(19)18-7-5-17(6-8-18)12-9-15-3-4-16-12/h1-4,9H,5-8H2. The highest BCUT2D eigenvalue weighted by Gasteiger charge is 2.23. The van der Waals surface area contributed by atoms with Crippen LogP contribution >= 0.6 is 27.3 Å². The number of aromatic nitrogens is 2. The quantitative estimate of drug-likeness (QED) is 0.831. The van der Waals surface area contributed by atoms with Crippen molar-refractivity contribution in [1.29, 1.82) is 0 Å². The summed E-state index contributed by atoms with van der Waals surface area (Å²) in [4.78, 5) is 25.5. The van der Waals surface area contributed by atoms with Gasteiger partial charge in [-0.3, -0.25) is 9.78 Å². The molecule has 7 heteroatoms. The van der Waals surface area contributed by atoms with Crippen molar-refractivity contribution in [1.82, 2.24) is 14.9 Å². The van der Waals surface area contributed by atoms with E-state index in [0.29, 0.717) is 13.1 Å². The predicted molar refractivity (Wildman–Crippen MR) is 82.2 cm³/mol. The monoisotopic (exact) mass is 352 g/mol. The first-order valence-corrected chi connectivity index (χ1v) is 7.90. The van der Waals surface area contributed by atoms with Crippen LogP contribution in [0.5, 0.6) is 0 Å². The van der Waals surface area contributed by atoms with Gasteiger partial charge in [0.15, 0.2) is 0 Å². The van der Waals surface area contributed by atoms with Crippen molar-refractivity contribution in [3.05, 3.63) is 39.4 Å². The summed E-state index contributed by atoms with van der Waals surface area (Å²) >= 11 is 4.87. The maximum atomic E-state index is 12.3. The molecule has 1 aliphatic heterocycles. The number of halogens is 1. The first-order chi connectivity index (χ1) is 9.74. The van der Waals surface area contributed by atoms with Gasteiger partial charge in [-0.15, -0.1) is 11.3 Å². The average Bonchev–Trinajstić information content (AvgIpc) is 2.94. The molecule has 5 nitrogen and oxygen atoms in total. The van der Waals surface area contributed by atoms with E-state index in [0.717, 1.165) is 27.6 Å². The van der Waals surface area contributed by atoms with Crippen LogP contribution in [-0.4, -0.2) is 47.0 Å². The predicted octanol–water partition coefficient (Wildman–Crippen LogP) is 2.26. The van der Waals surface area contributed by atoms with Gasteiger partial charge in [0.05, 0.1) is 14.9 Å². The van der Waals surface area contributed by atoms with Crippen LogP contribution in [0.3, 0.4) is 0 Å². The van der Waals surface area contributed by atoms with E-state index >= 15 is 0 Å². The van der Waals surface area contributed by atoms with Crippen LogP contribution in [0.15, 0.2) is 34.5 Å². The molecule has 3 heterocycles. The Bertz CT molecular complexity index is 595. The fourth-order valence-electron chi connectivity index (χ4n) is 2.18. The lowest BCUT2D eigenvalue weighted by Crippen LogP contribution is -2.48. The van der Waals surface area contributed by atoms with E-state index in [-0.39, 0.29) is 5.91 Å². The normalized spacial score (nSPS) is 15.4. The zero-order chi connectivity index (χ0) is 13.9. The number of piperazine rings is 1. The van der Waals surface area contributed by atoms with E-state index in [1.807, 2.05) is 17.0 Å². The van der Waals surface area contributed by atoms with Gasteiger partial charge < -0.3 is 9.80 Å². The molecule has 1 aliphatic rings. The molecule has 3 rings (SSSR count). The van der Waals surface area contributed by atoms with Crippen LogP contribution < -0.4 is 4.90 Å². The van der Waals surface area contributed by atoms with E-state index in [2.05, 4.69) is 30.8 Å². The van der Waals surface area contributed by atoms with Crippen LogP contribution in [0.4, 0.5) is 5.82 Å². The van der Waals surface area contributed by atoms with E-state index in [1.165, 1.54) is 11.3 Å². The summed E-state index contributed by atoms with van der Waals surface area (Å²) in [6.07, 6.45) is 5.11. The highest BCUT2D eigenvalue weighted by Crippen LogP contribution is 2.24. The van der Waals surface area contributed by atoms with Gasteiger partial charge in [-0.1, -0.05) is 0 Å². The van der Waals surface area contributed by atoms with Gasteiger partial charge >= 0.3 is 0 Å². The summed E-state index contributed by atoms with van der Waals surface area (Å²) in [5.74, 6) is 0.984. The molecule has 20 heavy (non-hydrogen) atoms. The lowest BCUT2D eigenvalue weighted by Gasteiger charge is -2.35. The molecule has 0 unspecified atom stereocenters.